The van der Waals surface area contributed by atoms with Crippen LogP contribution in [0.3, 0.4) is 0 Å². The van der Waals surface area contributed by atoms with E-state index in [1.807, 2.05) is 6.07 Å². The van der Waals surface area contributed by atoms with E-state index in [-0.39, 0.29) is 12.2 Å². The van der Waals surface area contributed by atoms with E-state index < -0.39 is 0 Å². The second kappa shape index (κ2) is 6.42. The van der Waals surface area contributed by atoms with Crippen molar-refractivity contribution in [3.8, 4) is 11.5 Å². The van der Waals surface area contributed by atoms with Crippen molar-refractivity contribution in [3.05, 3.63) is 22.7 Å². The number of morpholine rings is 1. The Morgan fingerprint density at radius 2 is 1.86 bits per heavy atom. The van der Waals surface area contributed by atoms with E-state index in [0.29, 0.717) is 24.0 Å². The van der Waals surface area contributed by atoms with Crippen molar-refractivity contribution in [3.63, 3.8) is 0 Å². The molecule has 1 fully saturated rings. The molecular formula is C16H22ClNO3. The number of halogens is 1. The molecule has 3 rings (SSSR count). The average molecular weight is 312 g/mol. The smallest absolute Gasteiger partial charge is 0.179 e. The molecule has 0 spiro atoms. The summed E-state index contributed by atoms with van der Waals surface area (Å²) in [5, 5.41) is 0.638. The van der Waals surface area contributed by atoms with Gasteiger partial charge in [-0.25, -0.2) is 0 Å². The number of nitrogens with zero attached hydrogens (tertiary/aromatic N) is 1. The topological polar surface area (TPSA) is 30.9 Å². The fraction of sp³-hybridized carbons (Fsp3) is 0.625. The number of hydrogen-bond acceptors (Lipinski definition) is 4. The Bertz CT molecular complexity index is 499. The first-order chi connectivity index (χ1) is 10.1. The Morgan fingerprint density at radius 1 is 1.14 bits per heavy atom. The van der Waals surface area contributed by atoms with Gasteiger partial charge < -0.3 is 14.2 Å². The van der Waals surface area contributed by atoms with Gasteiger partial charge in [-0.15, -0.1) is 0 Å². The summed E-state index contributed by atoms with van der Waals surface area (Å²) in [6.07, 6.45) is 1.42. The Labute approximate surface area is 130 Å². The van der Waals surface area contributed by atoms with Crippen molar-refractivity contribution in [1.29, 1.82) is 0 Å². The van der Waals surface area contributed by atoms with Crippen molar-refractivity contribution in [2.75, 3.05) is 26.3 Å². The highest BCUT2D eigenvalue weighted by atomic mass is 35.5. The zero-order chi connectivity index (χ0) is 14.8. The molecule has 4 nitrogen and oxygen atoms in total. The lowest BCUT2D eigenvalue weighted by Crippen LogP contribution is -2.44. The number of fused-ring (bicyclic) bond motifs is 1. The minimum absolute atomic E-state index is 0.268. The van der Waals surface area contributed by atoms with Crippen LogP contribution in [0.15, 0.2) is 12.1 Å². The van der Waals surface area contributed by atoms with Crippen molar-refractivity contribution in [1.82, 2.24) is 4.90 Å². The maximum absolute atomic E-state index is 6.35. The molecule has 1 saturated heterocycles. The van der Waals surface area contributed by atoms with Gasteiger partial charge in [-0.05, 0) is 31.5 Å². The summed E-state index contributed by atoms with van der Waals surface area (Å²) in [4.78, 5) is 2.40. The standard InChI is InChI=1S/C16H22ClNO3/c1-11-8-18(9-12(2)21-11)10-13-6-14(17)16-15(7-13)19-4-3-5-20-16/h6-7,11-12H,3-5,8-10H2,1-2H3/t11-,12+. The molecule has 0 unspecified atom stereocenters. The minimum atomic E-state index is 0.268. The second-order valence-corrected chi connectivity index (χ2v) is 6.31. The molecule has 5 heteroatoms. The molecule has 0 aromatic heterocycles. The van der Waals surface area contributed by atoms with Crippen LogP contribution < -0.4 is 9.47 Å². The summed E-state index contributed by atoms with van der Waals surface area (Å²) in [5.74, 6) is 1.45. The number of benzene rings is 1. The molecule has 2 heterocycles. The quantitative estimate of drug-likeness (QED) is 0.840. The van der Waals surface area contributed by atoms with Crippen LogP contribution in [0.1, 0.15) is 25.8 Å². The van der Waals surface area contributed by atoms with E-state index in [2.05, 4.69) is 24.8 Å². The highest BCUT2D eigenvalue weighted by Crippen LogP contribution is 2.38. The largest absolute Gasteiger partial charge is 0.489 e. The Kier molecular flexibility index (Phi) is 4.57. The van der Waals surface area contributed by atoms with E-state index in [9.17, 15) is 0 Å². The van der Waals surface area contributed by atoms with Gasteiger partial charge in [0.1, 0.15) is 0 Å². The van der Waals surface area contributed by atoms with Gasteiger partial charge in [0.2, 0.25) is 0 Å². The molecule has 0 radical (unpaired) electrons. The van der Waals surface area contributed by atoms with Gasteiger partial charge in [0.05, 0.1) is 30.4 Å². The first-order valence-electron chi connectivity index (χ1n) is 7.57. The molecule has 2 aliphatic heterocycles. The van der Waals surface area contributed by atoms with E-state index in [1.54, 1.807) is 0 Å². The summed E-state index contributed by atoms with van der Waals surface area (Å²) in [5.41, 5.74) is 1.16. The maximum Gasteiger partial charge on any atom is 0.179 e. The van der Waals surface area contributed by atoms with Crippen LogP contribution in [0, 0.1) is 0 Å². The highest BCUT2D eigenvalue weighted by Gasteiger charge is 2.23. The van der Waals surface area contributed by atoms with Crippen molar-refractivity contribution in [2.45, 2.75) is 39.0 Å². The monoisotopic (exact) mass is 311 g/mol. The summed E-state index contributed by atoms with van der Waals surface area (Å²) in [6.45, 7) is 8.30. The zero-order valence-electron chi connectivity index (χ0n) is 12.6. The molecule has 0 aliphatic carbocycles. The first kappa shape index (κ1) is 14.9. The molecule has 116 valence electrons. The summed E-state index contributed by atoms with van der Waals surface area (Å²) >= 11 is 6.35. The predicted octanol–water partition coefficient (Wildman–Crippen LogP) is 3.11. The average Bonchev–Trinajstić information content (AvgIpc) is 2.63. The van der Waals surface area contributed by atoms with Gasteiger partial charge in [-0.2, -0.15) is 0 Å². The third-order valence-corrected chi connectivity index (χ3v) is 4.04. The lowest BCUT2D eigenvalue weighted by atomic mass is 10.1. The number of ether oxygens (including phenoxy) is 3. The SMILES string of the molecule is C[C@@H]1CN(Cc2cc(Cl)c3c(c2)OCCCO3)C[C@H](C)O1. The van der Waals surface area contributed by atoms with Crippen LogP contribution in [0.4, 0.5) is 0 Å². The fourth-order valence-corrected chi connectivity index (χ4v) is 3.33. The van der Waals surface area contributed by atoms with Crippen LogP contribution in [0.2, 0.25) is 5.02 Å². The van der Waals surface area contributed by atoms with Crippen LogP contribution in [0.25, 0.3) is 0 Å². The minimum Gasteiger partial charge on any atom is -0.489 e. The van der Waals surface area contributed by atoms with Gasteiger partial charge >= 0.3 is 0 Å². The van der Waals surface area contributed by atoms with Gasteiger partial charge in [0.15, 0.2) is 11.5 Å². The normalized spacial score (nSPS) is 26.4. The van der Waals surface area contributed by atoms with Crippen LogP contribution in [-0.2, 0) is 11.3 Å². The summed E-state index contributed by atoms with van der Waals surface area (Å²) in [6, 6.07) is 4.04. The Balaban J connectivity index is 1.76. The predicted molar refractivity (Wildman–Crippen MR) is 82.3 cm³/mol. The molecule has 1 aromatic rings. The van der Waals surface area contributed by atoms with E-state index in [4.69, 9.17) is 25.8 Å². The molecule has 0 amide bonds. The van der Waals surface area contributed by atoms with Crippen molar-refractivity contribution in [2.24, 2.45) is 0 Å². The first-order valence-corrected chi connectivity index (χ1v) is 7.95. The molecule has 0 saturated carbocycles. The summed E-state index contributed by atoms with van der Waals surface area (Å²) in [7, 11) is 0. The lowest BCUT2D eigenvalue weighted by molar-refractivity contribution is -0.0704. The van der Waals surface area contributed by atoms with E-state index in [0.717, 1.165) is 37.4 Å². The Hall–Kier alpha value is -0.970. The van der Waals surface area contributed by atoms with Crippen molar-refractivity contribution < 1.29 is 14.2 Å². The number of rotatable bonds is 2. The zero-order valence-corrected chi connectivity index (χ0v) is 13.4. The Morgan fingerprint density at radius 3 is 2.62 bits per heavy atom. The molecule has 21 heavy (non-hydrogen) atoms. The third-order valence-electron chi connectivity index (χ3n) is 3.76. The molecule has 0 N–H and O–H groups in total. The van der Waals surface area contributed by atoms with Gasteiger partial charge in [0.25, 0.3) is 0 Å². The van der Waals surface area contributed by atoms with Gasteiger partial charge in [-0.3, -0.25) is 4.90 Å². The van der Waals surface area contributed by atoms with Crippen LogP contribution in [-0.4, -0.2) is 43.4 Å². The number of hydrogen-bond donors (Lipinski definition) is 0. The van der Waals surface area contributed by atoms with Gasteiger partial charge in [-0.1, -0.05) is 11.6 Å². The third kappa shape index (κ3) is 3.62. The van der Waals surface area contributed by atoms with Gasteiger partial charge in [0, 0.05) is 26.1 Å². The highest BCUT2D eigenvalue weighted by molar-refractivity contribution is 6.32. The van der Waals surface area contributed by atoms with Crippen LogP contribution in [0.5, 0.6) is 11.5 Å². The van der Waals surface area contributed by atoms with E-state index >= 15 is 0 Å². The molecule has 0 bridgehead atoms. The second-order valence-electron chi connectivity index (χ2n) is 5.91. The van der Waals surface area contributed by atoms with Crippen LogP contribution >= 0.6 is 11.6 Å². The molecule has 2 aliphatic rings. The fourth-order valence-electron chi connectivity index (χ4n) is 3.05. The van der Waals surface area contributed by atoms with Crippen molar-refractivity contribution >= 4 is 11.6 Å². The molecular weight excluding hydrogens is 290 g/mol. The summed E-state index contributed by atoms with van der Waals surface area (Å²) < 4.78 is 17.2. The lowest BCUT2D eigenvalue weighted by Gasteiger charge is -2.35. The molecule has 2 atom stereocenters. The van der Waals surface area contributed by atoms with E-state index in [1.165, 1.54) is 0 Å². The maximum atomic E-state index is 6.35. The molecule has 1 aromatic carbocycles.